The molecule has 1 saturated carbocycles. The van der Waals surface area contributed by atoms with Gasteiger partial charge in [0.05, 0.1) is 30.2 Å². The molecule has 6 atom stereocenters. The van der Waals surface area contributed by atoms with E-state index in [9.17, 15) is 15.8 Å². The summed E-state index contributed by atoms with van der Waals surface area (Å²) in [6, 6.07) is 6.66. The molecule has 0 aromatic heterocycles. The Kier molecular flexibility index (Phi) is 5.44. The Morgan fingerprint density at radius 2 is 1.89 bits per heavy atom. The zero-order valence-corrected chi connectivity index (χ0v) is 17.1. The van der Waals surface area contributed by atoms with Crippen LogP contribution < -0.4 is 0 Å². The van der Waals surface area contributed by atoms with E-state index in [2.05, 4.69) is 32.1 Å². The number of nitriles is 3. The van der Waals surface area contributed by atoms with Crippen molar-refractivity contribution in [1.29, 1.82) is 21.2 Å². The molecule has 28 heavy (non-hydrogen) atoms. The van der Waals surface area contributed by atoms with Gasteiger partial charge >= 0.3 is 0 Å². The van der Waals surface area contributed by atoms with Crippen LogP contribution in [0.3, 0.4) is 0 Å². The Hall–Kier alpha value is -2.10. The van der Waals surface area contributed by atoms with Crippen molar-refractivity contribution in [2.24, 2.45) is 28.6 Å². The van der Waals surface area contributed by atoms with Crippen molar-refractivity contribution < 1.29 is 9.47 Å². The molecule has 2 saturated heterocycles. The van der Waals surface area contributed by atoms with Gasteiger partial charge in [0.25, 0.3) is 0 Å². The van der Waals surface area contributed by atoms with Gasteiger partial charge in [0.15, 0.2) is 10.8 Å². The highest BCUT2D eigenvalue weighted by atomic mass is 16.7. The topological polar surface area (TPSA) is 114 Å². The van der Waals surface area contributed by atoms with E-state index in [0.717, 1.165) is 38.5 Å². The molecule has 6 heteroatoms. The van der Waals surface area contributed by atoms with Gasteiger partial charge < -0.3 is 9.47 Å². The molecule has 6 nitrogen and oxygen atoms in total. The monoisotopic (exact) mass is 382 g/mol. The fraction of sp³-hybridized carbons (Fsp3) is 0.818. The third-order valence-corrected chi connectivity index (χ3v) is 7.52. The molecular formula is C22H30N4O2. The van der Waals surface area contributed by atoms with Crippen molar-refractivity contribution >= 4 is 5.90 Å². The van der Waals surface area contributed by atoms with Crippen molar-refractivity contribution in [2.75, 3.05) is 0 Å². The fourth-order valence-corrected chi connectivity index (χ4v) is 5.80. The van der Waals surface area contributed by atoms with Crippen LogP contribution in [0.2, 0.25) is 0 Å². The lowest BCUT2D eigenvalue weighted by atomic mass is 9.49. The maximum atomic E-state index is 10.4. The van der Waals surface area contributed by atoms with E-state index < -0.39 is 28.6 Å². The first-order valence-electron chi connectivity index (χ1n) is 10.6. The zero-order chi connectivity index (χ0) is 20.6. The number of ether oxygens (including phenoxy) is 2. The van der Waals surface area contributed by atoms with Crippen LogP contribution >= 0.6 is 0 Å². The molecule has 1 N–H and O–H groups in total. The number of rotatable bonds is 6. The normalized spacial score (nSPS) is 39.0. The molecule has 150 valence electrons. The summed E-state index contributed by atoms with van der Waals surface area (Å²) in [7, 11) is 0. The Balaban J connectivity index is 2.18. The molecule has 6 unspecified atom stereocenters. The lowest BCUT2D eigenvalue weighted by Crippen LogP contribution is -2.65. The minimum Gasteiger partial charge on any atom is -0.447 e. The first-order chi connectivity index (χ1) is 13.4. The molecule has 3 fully saturated rings. The summed E-state index contributed by atoms with van der Waals surface area (Å²) in [5.41, 5.74) is -3.29. The van der Waals surface area contributed by atoms with E-state index in [1.165, 1.54) is 0 Å². The molecular weight excluding hydrogens is 352 g/mol. The minimum atomic E-state index is -1.73. The fourth-order valence-electron chi connectivity index (χ4n) is 5.80. The number of hydrogen-bond donors (Lipinski definition) is 1. The van der Waals surface area contributed by atoms with Crippen LogP contribution in [0.4, 0.5) is 0 Å². The largest absolute Gasteiger partial charge is 0.447 e. The first-order valence-corrected chi connectivity index (χ1v) is 10.6. The molecule has 0 spiro atoms. The molecule has 0 aromatic carbocycles. The Bertz CT molecular complexity index is 746. The number of unbranched alkanes of at least 4 members (excludes halogenated alkanes) is 1. The van der Waals surface area contributed by atoms with E-state index in [1.807, 2.05) is 6.92 Å². The van der Waals surface area contributed by atoms with Crippen LogP contribution in [0.5, 0.6) is 0 Å². The quantitative estimate of drug-likeness (QED) is 0.716. The number of nitrogens with zero attached hydrogens (tertiary/aromatic N) is 3. The van der Waals surface area contributed by atoms with Crippen LogP contribution in [0.25, 0.3) is 0 Å². The predicted octanol–water partition coefficient (Wildman–Crippen LogP) is 4.68. The van der Waals surface area contributed by atoms with E-state index in [-0.39, 0.29) is 11.8 Å². The van der Waals surface area contributed by atoms with Gasteiger partial charge in [-0.2, -0.15) is 15.8 Å². The molecule has 2 heterocycles. The Morgan fingerprint density at radius 3 is 2.43 bits per heavy atom. The average Bonchev–Trinajstić information content (AvgIpc) is 2.92. The molecule has 3 rings (SSSR count). The maximum Gasteiger partial charge on any atom is 0.217 e. The van der Waals surface area contributed by atoms with E-state index in [0.29, 0.717) is 18.8 Å². The van der Waals surface area contributed by atoms with Crippen LogP contribution in [0.15, 0.2) is 0 Å². The van der Waals surface area contributed by atoms with E-state index in [4.69, 9.17) is 14.9 Å². The number of nitrogens with one attached hydrogen (secondary N) is 1. The molecule has 1 aliphatic carbocycles. The van der Waals surface area contributed by atoms with Crippen molar-refractivity contribution in [2.45, 2.75) is 84.0 Å². The predicted molar refractivity (Wildman–Crippen MR) is 103 cm³/mol. The van der Waals surface area contributed by atoms with Gasteiger partial charge in [0.2, 0.25) is 11.7 Å². The minimum absolute atomic E-state index is 0.0248. The van der Waals surface area contributed by atoms with Gasteiger partial charge in [-0.15, -0.1) is 0 Å². The SMILES string of the molecule is CCCCC(CC)C1OC23CCC(CC)CC2C(C#N)(C(=N)O3)C1(C#N)C#N. The zero-order valence-electron chi connectivity index (χ0n) is 17.1. The molecule has 0 radical (unpaired) electrons. The lowest BCUT2D eigenvalue weighted by molar-refractivity contribution is -0.306. The summed E-state index contributed by atoms with van der Waals surface area (Å²) in [4.78, 5) is 0. The van der Waals surface area contributed by atoms with Crippen LogP contribution in [0, 0.1) is 68.0 Å². The van der Waals surface area contributed by atoms with Crippen molar-refractivity contribution in [1.82, 2.24) is 0 Å². The maximum absolute atomic E-state index is 10.4. The van der Waals surface area contributed by atoms with Crippen molar-refractivity contribution in [3.8, 4) is 18.2 Å². The van der Waals surface area contributed by atoms with Gasteiger partial charge in [0, 0.05) is 6.42 Å². The lowest BCUT2D eigenvalue weighted by Gasteiger charge is -2.54. The van der Waals surface area contributed by atoms with Crippen molar-refractivity contribution in [3.63, 3.8) is 0 Å². The van der Waals surface area contributed by atoms with Crippen LogP contribution in [-0.2, 0) is 9.47 Å². The van der Waals surface area contributed by atoms with E-state index in [1.54, 1.807) is 0 Å². The molecule has 2 aliphatic heterocycles. The summed E-state index contributed by atoms with van der Waals surface area (Å²) < 4.78 is 12.5. The summed E-state index contributed by atoms with van der Waals surface area (Å²) in [5.74, 6) is -1.37. The summed E-state index contributed by atoms with van der Waals surface area (Å²) >= 11 is 0. The second kappa shape index (κ2) is 7.38. The van der Waals surface area contributed by atoms with Gasteiger partial charge in [-0.1, -0.05) is 46.5 Å². The van der Waals surface area contributed by atoms with Crippen LogP contribution in [0.1, 0.15) is 72.1 Å². The second-order valence-electron chi connectivity index (χ2n) is 8.64. The highest BCUT2D eigenvalue weighted by Crippen LogP contribution is 2.68. The van der Waals surface area contributed by atoms with Gasteiger partial charge in [-0.25, -0.2) is 0 Å². The van der Waals surface area contributed by atoms with Gasteiger partial charge in [-0.3, -0.25) is 5.41 Å². The molecule has 0 aromatic rings. The molecule has 0 amide bonds. The van der Waals surface area contributed by atoms with Gasteiger partial charge in [0.1, 0.15) is 0 Å². The Morgan fingerprint density at radius 1 is 1.18 bits per heavy atom. The van der Waals surface area contributed by atoms with E-state index >= 15 is 0 Å². The standard InChI is InChI=1S/C22H30N4O2/c1-4-7-8-16(6-3)18-20(12-23,13-24)21(14-25)17-11-15(5-2)9-10-22(17,27-18)28-19(21)26/h15-18,26H,4-11H2,1-3H3. The summed E-state index contributed by atoms with van der Waals surface area (Å²) in [6.45, 7) is 6.26. The summed E-state index contributed by atoms with van der Waals surface area (Å²) in [5, 5.41) is 39.5. The highest BCUT2D eigenvalue weighted by Gasteiger charge is 2.81. The molecule has 3 aliphatic rings. The van der Waals surface area contributed by atoms with Crippen molar-refractivity contribution in [3.05, 3.63) is 0 Å². The molecule has 2 bridgehead atoms. The van der Waals surface area contributed by atoms with Gasteiger partial charge in [-0.05, 0) is 31.1 Å². The number of hydrogen-bond acceptors (Lipinski definition) is 6. The second-order valence-corrected chi connectivity index (χ2v) is 8.64. The van der Waals surface area contributed by atoms with Crippen LogP contribution in [-0.4, -0.2) is 17.8 Å². The summed E-state index contributed by atoms with van der Waals surface area (Å²) in [6.07, 6.45) is 5.96. The average molecular weight is 383 g/mol. The third-order valence-electron chi connectivity index (χ3n) is 7.52. The first kappa shape index (κ1) is 20.6. The third kappa shape index (κ3) is 2.42. The highest BCUT2D eigenvalue weighted by molar-refractivity contribution is 5.89. The Labute approximate surface area is 167 Å². The smallest absolute Gasteiger partial charge is 0.217 e.